The first-order chi connectivity index (χ1) is 10.1. The molecule has 0 spiro atoms. The molecule has 4 N–H and O–H groups in total. The number of benzene rings is 1. The molecule has 1 aromatic carbocycles. The summed E-state index contributed by atoms with van der Waals surface area (Å²) in [5.41, 5.74) is 4.79. The van der Waals surface area contributed by atoms with Gasteiger partial charge in [0.25, 0.3) is 7.48 Å². The molecule has 0 aliphatic carbocycles. The van der Waals surface area contributed by atoms with Crippen molar-refractivity contribution < 1.29 is 19.7 Å². The number of carbonyl (C=O) groups is 1. The van der Waals surface area contributed by atoms with Gasteiger partial charge in [0.1, 0.15) is 11.3 Å². The van der Waals surface area contributed by atoms with E-state index in [4.69, 9.17) is 15.5 Å². The Hall–Kier alpha value is -1.53. The molecule has 0 saturated carbocycles. The van der Waals surface area contributed by atoms with Gasteiger partial charge in [-0.25, -0.2) is 0 Å². The summed E-state index contributed by atoms with van der Waals surface area (Å²) < 4.78 is 5.54. The van der Waals surface area contributed by atoms with Gasteiger partial charge in [0, 0.05) is 0 Å². The lowest BCUT2D eigenvalue weighted by Gasteiger charge is -2.24. The van der Waals surface area contributed by atoms with Gasteiger partial charge in [0.15, 0.2) is 0 Å². The second-order valence-electron chi connectivity index (χ2n) is 5.26. The van der Waals surface area contributed by atoms with Gasteiger partial charge in [0.2, 0.25) is 0 Å². The van der Waals surface area contributed by atoms with Crippen LogP contribution in [0.4, 0.5) is 0 Å². The molecule has 0 aliphatic rings. The lowest BCUT2D eigenvalue weighted by Crippen LogP contribution is -2.48. The Bertz CT molecular complexity index is 415. The van der Waals surface area contributed by atoms with Crippen LogP contribution in [0.25, 0.3) is 0 Å². The molecule has 0 fully saturated rings. The minimum absolute atomic E-state index is 0.134. The maximum absolute atomic E-state index is 11.3. The molecule has 0 heterocycles. The van der Waals surface area contributed by atoms with E-state index in [-0.39, 0.29) is 7.48 Å². The Morgan fingerprint density at radius 2 is 1.86 bits per heavy atom. The second kappa shape index (κ2) is 9.42. The predicted octanol–water partition coefficient (Wildman–Crippen LogP) is 1.56. The molecule has 6 heteroatoms. The quantitative estimate of drug-likeness (QED) is 0.425. The number of hydrogen-bond donors (Lipinski definition) is 3. The third-order valence-electron chi connectivity index (χ3n) is 3.49. The number of rotatable bonds is 11. The number of carboxylic acid groups (broad SMARTS) is 1. The SMILES string of the molecule is NC(CCCCBO)(CCCOc1ccccc1)C(=O)O. The van der Waals surface area contributed by atoms with E-state index in [0.29, 0.717) is 38.6 Å². The minimum atomic E-state index is -1.20. The van der Waals surface area contributed by atoms with Crippen LogP contribution in [-0.4, -0.2) is 35.7 Å². The fourth-order valence-electron chi connectivity index (χ4n) is 2.16. The smallest absolute Gasteiger partial charge is 0.323 e. The minimum Gasteiger partial charge on any atom is -0.494 e. The van der Waals surface area contributed by atoms with Crippen molar-refractivity contribution in [3.05, 3.63) is 30.3 Å². The van der Waals surface area contributed by atoms with Crippen LogP contribution in [0.2, 0.25) is 6.32 Å². The van der Waals surface area contributed by atoms with E-state index >= 15 is 0 Å². The summed E-state index contributed by atoms with van der Waals surface area (Å²) in [6, 6.07) is 9.42. The standard InChI is InChI=1S/C15H24BNO4/c17-15(14(18)19,9-4-5-11-16-20)10-6-12-21-13-7-2-1-3-8-13/h1-3,7-8,16,20H,4-6,9-12,17H2,(H,18,19). The molecule has 1 atom stereocenters. The van der Waals surface area contributed by atoms with E-state index in [1.54, 1.807) is 0 Å². The molecule has 0 bridgehead atoms. The van der Waals surface area contributed by atoms with Crippen molar-refractivity contribution in [3.8, 4) is 5.75 Å². The second-order valence-corrected chi connectivity index (χ2v) is 5.26. The van der Waals surface area contributed by atoms with Crippen LogP contribution in [0.3, 0.4) is 0 Å². The Kier molecular flexibility index (Phi) is 7.86. The third kappa shape index (κ3) is 6.64. The molecule has 5 nitrogen and oxygen atoms in total. The van der Waals surface area contributed by atoms with Crippen molar-refractivity contribution in [1.29, 1.82) is 0 Å². The number of carboxylic acids is 1. The van der Waals surface area contributed by atoms with Gasteiger partial charge in [-0.3, -0.25) is 4.79 Å². The predicted molar refractivity (Wildman–Crippen MR) is 83.8 cm³/mol. The van der Waals surface area contributed by atoms with Crippen LogP contribution in [0, 0.1) is 0 Å². The molecule has 0 aliphatic heterocycles. The molecule has 0 radical (unpaired) electrons. The van der Waals surface area contributed by atoms with Crippen molar-refractivity contribution in [1.82, 2.24) is 0 Å². The maximum Gasteiger partial charge on any atom is 0.323 e. The first-order valence-corrected chi connectivity index (χ1v) is 7.39. The van der Waals surface area contributed by atoms with E-state index in [9.17, 15) is 9.90 Å². The average Bonchev–Trinajstić information content (AvgIpc) is 2.49. The molecule has 1 unspecified atom stereocenters. The van der Waals surface area contributed by atoms with Gasteiger partial charge in [-0.15, -0.1) is 0 Å². The Morgan fingerprint density at radius 1 is 1.19 bits per heavy atom. The highest BCUT2D eigenvalue weighted by atomic mass is 16.5. The van der Waals surface area contributed by atoms with E-state index in [2.05, 4.69) is 0 Å². The van der Waals surface area contributed by atoms with Crippen LogP contribution in [0.5, 0.6) is 5.75 Å². The third-order valence-corrected chi connectivity index (χ3v) is 3.49. The Labute approximate surface area is 126 Å². The van der Waals surface area contributed by atoms with Gasteiger partial charge in [-0.05, 0) is 31.4 Å². The molecule has 0 saturated heterocycles. The fraction of sp³-hybridized carbons (Fsp3) is 0.533. The first kappa shape index (κ1) is 17.5. The zero-order chi connectivity index (χ0) is 15.6. The van der Waals surface area contributed by atoms with E-state index in [1.165, 1.54) is 0 Å². The number of ether oxygens (including phenoxy) is 1. The number of para-hydroxylation sites is 1. The Morgan fingerprint density at radius 3 is 2.48 bits per heavy atom. The number of unbranched alkanes of at least 4 members (excludes halogenated alkanes) is 1. The normalized spacial score (nSPS) is 13.4. The molecular formula is C15H24BNO4. The summed E-state index contributed by atoms with van der Waals surface area (Å²) in [5, 5.41) is 18.0. The fourth-order valence-corrected chi connectivity index (χ4v) is 2.16. The van der Waals surface area contributed by atoms with Crippen molar-refractivity contribution >= 4 is 13.5 Å². The van der Waals surface area contributed by atoms with Crippen molar-refractivity contribution in [3.63, 3.8) is 0 Å². The first-order valence-electron chi connectivity index (χ1n) is 7.39. The van der Waals surface area contributed by atoms with Gasteiger partial charge in [-0.2, -0.15) is 0 Å². The van der Waals surface area contributed by atoms with Crippen LogP contribution < -0.4 is 10.5 Å². The monoisotopic (exact) mass is 293 g/mol. The van der Waals surface area contributed by atoms with Gasteiger partial charge in [-0.1, -0.05) is 37.4 Å². The number of nitrogens with two attached hydrogens (primary N) is 1. The van der Waals surface area contributed by atoms with Gasteiger partial charge in [0.05, 0.1) is 6.61 Å². The maximum atomic E-state index is 11.3. The highest BCUT2D eigenvalue weighted by molar-refractivity contribution is 6.25. The van der Waals surface area contributed by atoms with Crippen LogP contribution >= 0.6 is 0 Å². The zero-order valence-corrected chi connectivity index (χ0v) is 12.3. The van der Waals surface area contributed by atoms with E-state index in [0.717, 1.165) is 12.2 Å². The number of hydrogen-bond acceptors (Lipinski definition) is 4. The van der Waals surface area contributed by atoms with Gasteiger partial charge < -0.3 is 20.6 Å². The van der Waals surface area contributed by atoms with Crippen molar-refractivity contribution in [2.75, 3.05) is 6.61 Å². The lowest BCUT2D eigenvalue weighted by atomic mass is 9.85. The van der Waals surface area contributed by atoms with E-state index < -0.39 is 11.5 Å². The largest absolute Gasteiger partial charge is 0.494 e. The topological polar surface area (TPSA) is 92.8 Å². The van der Waals surface area contributed by atoms with Crippen LogP contribution in [0.1, 0.15) is 32.1 Å². The molecule has 0 amide bonds. The average molecular weight is 293 g/mol. The summed E-state index contributed by atoms with van der Waals surface area (Å²) in [4.78, 5) is 11.3. The Balaban J connectivity index is 2.31. The van der Waals surface area contributed by atoms with Crippen molar-refractivity contribution in [2.45, 2.75) is 44.0 Å². The molecular weight excluding hydrogens is 269 g/mol. The number of aliphatic carboxylic acids is 1. The molecule has 0 aromatic heterocycles. The summed E-state index contributed by atoms with van der Waals surface area (Å²) >= 11 is 0. The molecule has 1 rings (SSSR count). The highest BCUT2D eigenvalue weighted by Crippen LogP contribution is 2.19. The summed E-state index contributed by atoms with van der Waals surface area (Å²) in [6.45, 7) is 0.451. The van der Waals surface area contributed by atoms with Crippen LogP contribution in [-0.2, 0) is 4.79 Å². The highest BCUT2D eigenvalue weighted by Gasteiger charge is 2.32. The molecule has 21 heavy (non-hydrogen) atoms. The summed E-state index contributed by atoms with van der Waals surface area (Å²) in [6.07, 6.45) is 3.60. The molecule has 116 valence electrons. The van der Waals surface area contributed by atoms with Gasteiger partial charge >= 0.3 is 5.97 Å². The van der Waals surface area contributed by atoms with Crippen LogP contribution in [0.15, 0.2) is 30.3 Å². The summed E-state index contributed by atoms with van der Waals surface area (Å²) in [5.74, 6) is -0.190. The van der Waals surface area contributed by atoms with E-state index in [1.807, 2.05) is 30.3 Å². The summed E-state index contributed by atoms with van der Waals surface area (Å²) in [7, 11) is 0.134. The lowest BCUT2D eigenvalue weighted by molar-refractivity contribution is -0.144. The van der Waals surface area contributed by atoms with Crippen molar-refractivity contribution in [2.24, 2.45) is 5.73 Å². The molecule has 1 aromatic rings. The zero-order valence-electron chi connectivity index (χ0n) is 12.3.